The molecule has 0 aliphatic rings. The number of aliphatic hydroxyl groups excluding tert-OH is 1. The van der Waals surface area contributed by atoms with Crippen molar-refractivity contribution in [1.29, 1.82) is 0 Å². The largest absolute Gasteiger partial charge is 0.497 e. The smallest absolute Gasteiger partial charge is 0.414 e. The van der Waals surface area contributed by atoms with Crippen LogP contribution in [0.1, 0.15) is 0 Å². The van der Waals surface area contributed by atoms with E-state index in [0.717, 1.165) is 5.75 Å². The molecule has 0 radical (unpaired) electrons. The molecule has 1 aromatic rings. The first-order valence-corrected chi connectivity index (χ1v) is 4.84. The SMILES string of the molecule is COc1ccc(N(C)C(=O)OCCO)cc1. The minimum Gasteiger partial charge on any atom is -0.497 e. The number of anilines is 1. The van der Waals surface area contributed by atoms with Crippen molar-refractivity contribution in [3.8, 4) is 5.75 Å². The number of carbonyl (C=O) groups is 1. The third kappa shape index (κ3) is 3.13. The maximum Gasteiger partial charge on any atom is 0.414 e. The van der Waals surface area contributed by atoms with Crippen molar-refractivity contribution in [2.45, 2.75) is 0 Å². The molecule has 0 unspecified atom stereocenters. The molecule has 88 valence electrons. The summed E-state index contributed by atoms with van der Waals surface area (Å²) in [5.41, 5.74) is 0.698. The van der Waals surface area contributed by atoms with Crippen LogP contribution in [0.15, 0.2) is 24.3 Å². The summed E-state index contributed by atoms with van der Waals surface area (Å²) in [5, 5.41) is 8.52. The Morgan fingerprint density at radius 2 is 2.00 bits per heavy atom. The molecule has 0 aliphatic heterocycles. The maximum absolute atomic E-state index is 11.4. The summed E-state index contributed by atoms with van der Waals surface area (Å²) in [6, 6.07) is 7.01. The second-order valence-electron chi connectivity index (χ2n) is 3.10. The Kier molecular flexibility index (Phi) is 4.60. The number of hydrogen-bond donors (Lipinski definition) is 1. The highest BCUT2D eigenvalue weighted by Gasteiger charge is 2.11. The van der Waals surface area contributed by atoms with Gasteiger partial charge in [-0.3, -0.25) is 4.90 Å². The summed E-state index contributed by atoms with van der Waals surface area (Å²) < 4.78 is 9.78. The number of benzene rings is 1. The molecular formula is C11H15NO4. The average molecular weight is 225 g/mol. The number of methoxy groups -OCH3 is 1. The van der Waals surface area contributed by atoms with Crippen LogP contribution in [-0.2, 0) is 4.74 Å². The van der Waals surface area contributed by atoms with E-state index in [1.54, 1.807) is 38.4 Å². The molecule has 0 heterocycles. The van der Waals surface area contributed by atoms with Crippen molar-refractivity contribution in [3.05, 3.63) is 24.3 Å². The molecule has 0 aliphatic carbocycles. The quantitative estimate of drug-likeness (QED) is 0.838. The Balaban J connectivity index is 2.64. The van der Waals surface area contributed by atoms with Gasteiger partial charge in [-0.15, -0.1) is 0 Å². The number of carbonyl (C=O) groups excluding carboxylic acids is 1. The average Bonchev–Trinajstić information content (AvgIpc) is 2.35. The van der Waals surface area contributed by atoms with Gasteiger partial charge in [0.1, 0.15) is 12.4 Å². The number of hydrogen-bond acceptors (Lipinski definition) is 4. The van der Waals surface area contributed by atoms with E-state index in [2.05, 4.69) is 0 Å². The molecule has 0 bridgehead atoms. The lowest BCUT2D eigenvalue weighted by Crippen LogP contribution is -2.27. The Hall–Kier alpha value is -1.75. The normalized spacial score (nSPS) is 9.69. The van der Waals surface area contributed by atoms with Crippen LogP contribution in [0.4, 0.5) is 10.5 Å². The van der Waals surface area contributed by atoms with E-state index < -0.39 is 6.09 Å². The standard InChI is InChI=1S/C11H15NO4/c1-12(11(14)16-8-7-13)9-3-5-10(15-2)6-4-9/h3-6,13H,7-8H2,1-2H3. The molecule has 1 amide bonds. The molecule has 0 fully saturated rings. The Bertz CT molecular complexity index is 336. The zero-order valence-electron chi connectivity index (χ0n) is 9.34. The van der Waals surface area contributed by atoms with Gasteiger partial charge in [-0.05, 0) is 24.3 Å². The van der Waals surface area contributed by atoms with E-state index in [0.29, 0.717) is 5.69 Å². The summed E-state index contributed by atoms with van der Waals surface area (Å²) in [6.45, 7) is -0.179. The number of amides is 1. The lowest BCUT2D eigenvalue weighted by Gasteiger charge is -2.16. The first-order chi connectivity index (χ1) is 7.69. The molecule has 16 heavy (non-hydrogen) atoms. The zero-order chi connectivity index (χ0) is 12.0. The molecule has 5 heteroatoms. The fourth-order valence-corrected chi connectivity index (χ4v) is 1.14. The predicted octanol–water partition coefficient (Wildman–Crippen LogP) is 1.26. The van der Waals surface area contributed by atoms with Gasteiger partial charge in [-0.2, -0.15) is 0 Å². The van der Waals surface area contributed by atoms with Crippen LogP contribution in [0.25, 0.3) is 0 Å². The molecule has 0 aromatic heterocycles. The van der Waals surface area contributed by atoms with Gasteiger partial charge in [0.25, 0.3) is 0 Å². The van der Waals surface area contributed by atoms with Crippen LogP contribution in [-0.4, -0.2) is 38.6 Å². The van der Waals surface area contributed by atoms with Crippen LogP contribution >= 0.6 is 0 Å². The summed E-state index contributed by atoms with van der Waals surface area (Å²) in [4.78, 5) is 12.8. The highest BCUT2D eigenvalue weighted by atomic mass is 16.6. The van der Waals surface area contributed by atoms with Crippen molar-refractivity contribution >= 4 is 11.8 Å². The van der Waals surface area contributed by atoms with Crippen LogP contribution in [0.3, 0.4) is 0 Å². The van der Waals surface area contributed by atoms with Gasteiger partial charge in [0, 0.05) is 12.7 Å². The molecule has 1 N–H and O–H groups in total. The predicted molar refractivity (Wildman–Crippen MR) is 59.8 cm³/mol. The van der Waals surface area contributed by atoms with Crippen LogP contribution < -0.4 is 9.64 Å². The van der Waals surface area contributed by atoms with E-state index in [4.69, 9.17) is 14.6 Å². The molecule has 0 spiro atoms. The molecule has 1 aromatic carbocycles. The number of nitrogens with zero attached hydrogens (tertiary/aromatic N) is 1. The number of aliphatic hydroxyl groups is 1. The van der Waals surface area contributed by atoms with Gasteiger partial charge in [0.2, 0.25) is 0 Å². The van der Waals surface area contributed by atoms with Crippen molar-refractivity contribution in [3.63, 3.8) is 0 Å². The van der Waals surface area contributed by atoms with E-state index in [1.807, 2.05) is 0 Å². The minimum atomic E-state index is -0.501. The second-order valence-corrected chi connectivity index (χ2v) is 3.10. The monoisotopic (exact) mass is 225 g/mol. The van der Waals surface area contributed by atoms with E-state index in [-0.39, 0.29) is 13.2 Å². The van der Waals surface area contributed by atoms with E-state index in [9.17, 15) is 4.79 Å². The summed E-state index contributed by atoms with van der Waals surface area (Å²) >= 11 is 0. The first-order valence-electron chi connectivity index (χ1n) is 4.84. The molecule has 0 saturated carbocycles. The van der Waals surface area contributed by atoms with Crippen LogP contribution in [0.2, 0.25) is 0 Å². The number of ether oxygens (including phenoxy) is 2. The van der Waals surface area contributed by atoms with Crippen molar-refractivity contribution in [1.82, 2.24) is 0 Å². The third-order valence-electron chi connectivity index (χ3n) is 2.05. The van der Waals surface area contributed by atoms with E-state index in [1.165, 1.54) is 4.90 Å². The highest BCUT2D eigenvalue weighted by molar-refractivity contribution is 5.86. The van der Waals surface area contributed by atoms with Gasteiger partial charge < -0.3 is 14.6 Å². The van der Waals surface area contributed by atoms with E-state index >= 15 is 0 Å². The molecule has 0 atom stereocenters. The van der Waals surface area contributed by atoms with Gasteiger partial charge in [0.15, 0.2) is 0 Å². The highest BCUT2D eigenvalue weighted by Crippen LogP contribution is 2.18. The van der Waals surface area contributed by atoms with Crippen LogP contribution in [0, 0.1) is 0 Å². The Labute approximate surface area is 94.2 Å². The fourth-order valence-electron chi connectivity index (χ4n) is 1.14. The lowest BCUT2D eigenvalue weighted by atomic mass is 10.3. The van der Waals surface area contributed by atoms with Gasteiger partial charge in [-0.1, -0.05) is 0 Å². The second kappa shape index (κ2) is 5.97. The van der Waals surface area contributed by atoms with Gasteiger partial charge >= 0.3 is 6.09 Å². The summed E-state index contributed by atoms with van der Waals surface area (Å²) in [5.74, 6) is 0.723. The molecular weight excluding hydrogens is 210 g/mol. The van der Waals surface area contributed by atoms with Crippen molar-refractivity contribution < 1.29 is 19.4 Å². The third-order valence-corrected chi connectivity index (χ3v) is 2.05. The molecule has 0 saturated heterocycles. The van der Waals surface area contributed by atoms with Gasteiger partial charge in [-0.25, -0.2) is 4.79 Å². The Morgan fingerprint density at radius 3 is 2.50 bits per heavy atom. The minimum absolute atomic E-state index is 0.000667. The molecule has 1 rings (SSSR count). The summed E-state index contributed by atoms with van der Waals surface area (Å²) in [6.07, 6.45) is -0.501. The zero-order valence-corrected chi connectivity index (χ0v) is 9.34. The summed E-state index contributed by atoms with van der Waals surface area (Å²) in [7, 11) is 3.18. The van der Waals surface area contributed by atoms with Gasteiger partial charge in [0.05, 0.1) is 13.7 Å². The first kappa shape index (κ1) is 12.3. The Morgan fingerprint density at radius 1 is 1.38 bits per heavy atom. The lowest BCUT2D eigenvalue weighted by molar-refractivity contribution is 0.126. The van der Waals surface area contributed by atoms with Crippen molar-refractivity contribution in [2.24, 2.45) is 0 Å². The van der Waals surface area contributed by atoms with Crippen LogP contribution in [0.5, 0.6) is 5.75 Å². The topological polar surface area (TPSA) is 59.0 Å². The van der Waals surface area contributed by atoms with Crippen molar-refractivity contribution in [2.75, 3.05) is 32.3 Å². The molecule has 5 nitrogen and oxygen atoms in total. The number of rotatable bonds is 4. The maximum atomic E-state index is 11.4. The fraction of sp³-hybridized carbons (Fsp3) is 0.364.